The van der Waals surface area contributed by atoms with Crippen molar-refractivity contribution in [1.82, 2.24) is 30.4 Å². The number of amides is 2. The zero-order valence-electron chi connectivity index (χ0n) is 20.6. The summed E-state index contributed by atoms with van der Waals surface area (Å²) in [5.41, 5.74) is 0.583. The first-order valence-electron chi connectivity index (χ1n) is 11.5. The van der Waals surface area contributed by atoms with E-state index >= 15 is 0 Å². The van der Waals surface area contributed by atoms with Crippen molar-refractivity contribution in [3.63, 3.8) is 0 Å². The third-order valence-electron chi connectivity index (χ3n) is 5.30. The predicted octanol–water partition coefficient (Wildman–Crippen LogP) is 4.41. The minimum Gasteiger partial charge on any atom is -0.467 e. The number of hydrogen-bond donors (Lipinski definition) is 1. The van der Waals surface area contributed by atoms with E-state index in [0.717, 1.165) is 4.80 Å². The summed E-state index contributed by atoms with van der Waals surface area (Å²) in [5, 5.41) is 15.7. The summed E-state index contributed by atoms with van der Waals surface area (Å²) in [5.74, 6) is -0.460. The topological polar surface area (TPSA) is 106 Å². The van der Waals surface area contributed by atoms with Crippen LogP contribution in [0.3, 0.4) is 0 Å². The number of hydrogen-bond acceptors (Lipinski definition) is 6. The largest absolute Gasteiger partial charge is 0.467 e. The van der Waals surface area contributed by atoms with E-state index in [1.807, 2.05) is 20.8 Å². The standard InChI is InChI=1S/C26H26ClFN6O3/c1-26(2,3)29-25(36)23(17-6-10-19(27)11-7-17)33(15-21-5-4-14-37-21)22(35)16-34-31-24(30-32-34)18-8-12-20(28)13-9-18/h4-14,23H,15-16H2,1-3H3,(H,29,36)/t23-/m0/s1. The van der Waals surface area contributed by atoms with E-state index in [9.17, 15) is 14.0 Å². The van der Waals surface area contributed by atoms with Crippen molar-refractivity contribution in [2.45, 2.75) is 45.4 Å². The molecule has 0 bridgehead atoms. The van der Waals surface area contributed by atoms with Gasteiger partial charge in [0.05, 0.1) is 12.8 Å². The van der Waals surface area contributed by atoms with Gasteiger partial charge < -0.3 is 14.6 Å². The normalized spacial score (nSPS) is 12.2. The van der Waals surface area contributed by atoms with Gasteiger partial charge in [0.2, 0.25) is 17.6 Å². The molecule has 4 aromatic rings. The number of tetrazole rings is 1. The molecule has 4 rings (SSSR count). The minimum atomic E-state index is -0.991. The predicted molar refractivity (Wildman–Crippen MR) is 135 cm³/mol. The van der Waals surface area contributed by atoms with Crippen LogP contribution in [0.5, 0.6) is 0 Å². The summed E-state index contributed by atoms with van der Waals surface area (Å²) in [6, 6.07) is 14.8. The lowest BCUT2D eigenvalue weighted by Gasteiger charge is -2.33. The van der Waals surface area contributed by atoms with Gasteiger partial charge >= 0.3 is 0 Å². The molecule has 0 spiro atoms. The van der Waals surface area contributed by atoms with Gasteiger partial charge in [-0.25, -0.2) is 4.39 Å². The van der Waals surface area contributed by atoms with Crippen LogP contribution in [0, 0.1) is 5.82 Å². The third kappa shape index (κ3) is 6.79. The summed E-state index contributed by atoms with van der Waals surface area (Å²) < 4.78 is 18.8. The first kappa shape index (κ1) is 26.0. The summed E-state index contributed by atoms with van der Waals surface area (Å²) in [7, 11) is 0. The smallest absolute Gasteiger partial charge is 0.247 e. The summed E-state index contributed by atoms with van der Waals surface area (Å²) in [4.78, 5) is 29.8. The van der Waals surface area contributed by atoms with Gasteiger partial charge in [0.1, 0.15) is 24.2 Å². The molecule has 9 nitrogen and oxygen atoms in total. The Balaban J connectivity index is 1.66. The number of halogens is 2. The van der Waals surface area contributed by atoms with E-state index in [4.69, 9.17) is 16.0 Å². The van der Waals surface area contributed by atoms with Gasteiger partial charge in [-0.2, -0.15) is 4.80 Å². The van der Waals surface area contributed by atoms with Gasteiger partial charge in [-0.05, 0) is 80.1 Å². The molecule has 2 aromatic carbocycles. The fourth-order valence-electron chi connectivity index (χ4n) is 3.69. The second-order valence-corrected chi connectivity index (χ2v) is 9.88. The molecule has 11 heteroatoms. The van der Waals surface area contributed by atoms with Crippen molar-refractivity contribution in [3.05, 3.63) is 89.1 Å². The second kappa shape index (κ2) is 10.9. The van der Waals surface area contributed by atoms with E-state index in [1.54, 1.807) is 36.4 Å². The Labute approximate surface area is 218 Å². The molecule has 1 N–H and O–H groups in total. The lowest BCUT2D eigenvalue weighted by atomic mass is 10.0. The number of rotatable bonds is 8. The van der Waals surface area contributed by atoms with Crippen LogP contribution in [0.2, 0.25) is 5.02 Å². The summed E-state index contributed by atoms with van der Waals surface area (Å²) in [6.45, 7) is 5.31. The fraction of sp³-hybridized carbons (Fsp3) is 0.269. The van der Waals surface area contributed by atoms with Crippen molar-refractivity contribution in [1.29, 1.82) is 0 Å². The Morgan fingerprint density at radius 3 is 2.43 bits per heavy atom. The lowest BCUT2D eigenvalue weighted by Crippen LogP contribution is -2.49. The Kier molecular flexibility index (Phi) is 7.68. The molecule has 0 aliphatic heterocycles. The van der Waals surface area contributed by atoms with Crippen LogP contribution in [-0.4, -0.2) is 42.5 Å². The maximum absolute atomic E-state index is 13.7. The molecule has 0 saturated heterocycles. The molecule has 0 aliphatic rings. The molecule has 2 aromatic heterocycles. The van der Waals surface area contributed by atoms with Crippen LogP contribution in [0.25, 0.3) is 11.4 Å². The Morgan fingerprint density at radius 1 is 1.11 bits per heavy atom. The number of aromatic nitrogens is 4. The third-order valence-corrected chi connectivity index (χ3v) is 5.55. The molecule has 0 fully saturated rings. The van der Waals surface area contributed by atoms with Crippen LogP contribution >= 0.6 is 11.6 Å². The zero-order chi connectivity index (χ0) is 26.6. The van der Waals surface area contributed by atoms with Crippen LogP contribution in [0.4, 0.5) is 4.39 Å². The summed E-state index contributed by atoms with van der Waals surface area (Å²) in [6.07, 6.45) is 1.50. The Hall–Kier alpha value is -4.05. The first-order chi connectivity index (χ1) is 17.6. The average Bonchev–Trinajstić information content (AvgIpc) is 3.51. The van der Waals surface area contributed by atoms with Crippen LogP contribution < -0.4 is 5.32 Å². The molecule has 0 unspecified atom stereocenters. The fourth-order valence-corrected chi connectivity index (χ4v) is 3.81. The van der Waals surface area contributed by atoms with Gasteiger partial charge in [0.25, 0.3) is 0 Å². The number of carbonyl (C=O) groups is 2. The highest BCUT2D eigenvalue weighted by Crippen LogP contribution is 2.27. The van der Waals surface area contributed by atoms with Gasteiger partial charge in [-0.1, -0.05) is 23.7 Å². The van der Waals surface area contributed by atoms with E-state index in [1.165, 1.54) is 35.4 Å². The van der Waals surface area contributed by atoms with E-state index in [2.05, 4.69) is 20.7 Å². The zero-order valence-corrected chi connectivity index (χ0v) is 21.3. The molecule has 0 radical (unpaired) electrons. The second-order valence-electron chi connectivity index (χ2n) is 9.44. The molecule has 37 heavy (non-hydrogen) atoms. The Bertz CT molecular complexity index is 1350. The number of nitrogens with one attached hydrogen (secondary N) is 1. The van der Waals surface area contributed by atoms with Gasteiger partial charge in [-0.15, -0.1) is 10.2 Å². The molecule has 192 valence electrons. The molecular weight excluding hydrogens is 499 g/mol. The highest BCUT2D eigenvalue weighted by atomic mass is 35.5. The number of benzene rings is 2. The van der Waals surface area contributed by atoms with Crippen LogP contribution in [0.1, 0.15) is 38.1 Å². The van der Waals surface area contributed by atoms with Gasteiger partial charge in [0.15, 0.2) is 0 Å². The molecule has 1 atom stereocenters. The highest BCUT2D eigenvalue weighted by molar-refractivity contribution is 6.30. The maximum atomic E-state index is 13.7. The molecule has 0 aliphatic carbocycles. The first-order valence-corrected chi connectivity index (χ1v) is 11.9. The highest BCUT2D eigenvalue weighted by Gasteiger charge is 2.34. The molecule has 2 amide bonds. The number of furan rings is 1. The molecule has 0 saturated carbocycles. The van der Waals surface area contributed by atoms with Gasteiger partial charge in [0, 0.05) is 16.1 Å². The number of carbonyl (C=O) groups excluding carboxylic acids is 2. The maximum Gasteiger partial charge on any atom is 0.247 e. The van der Waals surface area contributed by atoms with Crippen molar-refractivity contribution >= 4 is 23.4 Å². The number of nitrogens with zero attached hydrogens (tertiary/aromatic N) is 5. The monoisotopic (exact) mass is 524 g/mol. The van der Waals surface area contributed by atoms with Crippen molar-refractivity contribution in [3.8, 4) is 11.4 Å². The quantitative estimate of drug-likeness (QED) is 0.366. The molecular formula is C26H26ClFN6O3. The van der Waals surface area contributed by atoms with Crippen molar-refractivity contribution < 1.29 is 18.4 Å². The van der Waals surface area contributed by atoms with Gasteiger partial charge in [-0.3, -0.25) is 9.59 Å². The van der Waals surface area contributed by atoms with Crippen molar-refractivity contribution in [2.75, 3.05) is 0 Å². The Morgan fingerprint density at radius 2 is 1.81 bits per heavy atom. The SMILES string of the molecule is CC(C)(C)NC(=O)[C@H](c1ccc(Cl)cc1)N(Cc1ccco1)C(=O)Cn1nnc(-c2ccc(F)cc2)n1. The van der Waals surface area contributed by atoms with Crippen molar-refractivity contribution in [2.24, 2.45) is 0 Å². The average molecular weight is 525 g/mol. The molecule has 2 heterocycles. The van der Waals surface area contributed by atoms with E-state index < -0.39 is 17.5 Å². The van der Waals surface area contributed by atoms with E-state index in [0.29, 0.717) is 21.9 Å². The lowest BCUT2D eigenvalue weighted by molar-refractivity contribution is -0.143. The van der Waals surface area contributed by atoms with Crippen LogP contribution in [-0.2, 0) is 22.7 Å². The van der Waals surface area contributed by atoms with E-state index in [-0.39, 0.29) is 30.6 Å². The minimum absolute atomic E-state index is 0.0240. The summed E-state index contributed by atoms with van der Waals surface area (Å²) >= 11 is 6.08. The van der Waals surface area contributed by atoms with Crippen LogP contribution in [0.15, 0.2) is 71.3 Å².